The van der Waals surface area contributed by atoms with Crippen molar-refractivity contribution in [2.24, 2.45) is 29.6 Å². The summed E-state index contributed by atoms with van der Waals surface area (Å²) in [6.07, 6.45) is 13.6. The first-order valence-electron chi connectivity index (χ1n) is 14.6. The Bertz CT molecular complexity index is 1410. The summed E-state index contributed by atoms with van der Waals surface area (Å²) >= 11 is 0. The Hall–Kier alpha value is -2.48. The normalized spacial score (nSPS) is 38.8. The van der Waals surface area contributed by atoms with E-state index in [-0.39, 0.29) is 10.8 Å². The van der Waals surface area contributed by atoms with E-state index in [1.54, 1.807) is 0 Å². The first-order chi connectivity index (χ1) is 17.6. The molecule has 1 spiro atoms. The lowest BCUT2D eigenvalue weighted by Gasteiger charge is -2.57. The van der Waals surface area contributed by atoms with Crippen molar-refractivity contribution in [1.82, 2.24) is 0 Å². The molecular formula is C34H36O2. The van der Waals surface area contributed by atoms with Gasteiger partial charge in [0.2, 0.25) is 0 Å². The second-order valence-corrected chi connectivity index (χ2v) is 13.7. The van der Waals surface area contributed by atoms with Crippen molar-refractivity contribution >= 4 is 10.8 Å². The number of phenolic OH excluding ortho intramolecular Hbond substituents is 1. The van der Waals surface area contributed by atoms with E-state index in [1.807, 2.05) is 7.11 Å². The zero-order valence-electron chi connectivity index (χ0n) is 21.4. The predicted octanol–water partition coefficient (Wildman–Crippen LogP) is 8.11. The number of rotatable bonds is 2. The molecule has 1 N–H and O–H groups in total. The predicted molar refractivity (Wildman–Crippen MR) is 144 cm³/mol. The highest BCUT2D eigenvalue weighted by molar-refractivity contribution is 6.06. The topological polar surface area (TPSA) is 29.5 Å². The summed E-state index contributed by atoms with van der Waals surface area (Å²) in [5, 5.41) is 13.8. The van der Waals surface area contributed by atoms with Gasteiger partial charge in [-0.25, -0.2) is 0 Å². The molecule has 3 aromatic carbocycles. The quantitative estimate of drug-likeness (QED) is 0.405. The van der Waals surface area contributed by atoms with Crippen LogP contribution in [0.5, 0.6) is 11.5 Å². The molecule has 0 aromatic heterocycles. The maximum absolute atomic E-state index is 11.5. The molecule has 0 saturated heterocycles. The zero-order chi connectivity index (χ0) is 23.8. The summed E-state index contributed by atoms with van der Waals surface area (Å²) < 4.78 is 6.11. The average Bonchev–Trinajstić information content (AvgIpc) is 3.56. The third kappa shape index (κ3) is 2.36. The monoisotopic (exact) mass is 476 g/mol. The molecule has 2 heteroatoms. The van der Waals surface area contributed by atoms with Crippen molar-refractivity contribution in [1.29, 1.82) is 0 Å². The number of ether oxygens (including phenoxy) is 1. The molecule has 3 unspecified atom stereocenters. The van der Waals surface area contributed by atoms with Crippen molar-refractivity contribution in [3.8, 4) is 22.6 Å². The second-order valence-electron chi connectivity index (χ2n) is 13.7. The SMILES string of the molecule is COc1cc2c(O)cc3c(c2cc1C12CC4CC(CC(C4)C1)C2)-c1ccccc1C31CC2CCC1C2. The highest BCUT2D eigenvalue weighted by Gasteiger charge is 2.57. The van der Waals surface area contributed by atoms with Crippen molar-refractivity contribution in [3.05, 3.63) is 59.2 Å². The molecule has 7 aliphatic rings. The minimum absolute atomic E-state index is 0.0985. The number of benzene rings is 3. The van der Waals surface area contributed by atoms with E-state index >= 15 is 0 Å². The summed E-state index contributed by atoms with van der Waals surface area (Å²) in [4.78, 5) is 0. The van der Waals surface area contributed by atoms with Crippen LogP contribution in [0.3, 0.4) is 0 Å². The maximum atomic E-state index is 11.5. The number of hydrogen-bond donors (Lipinski definition) is 1. The minimum Gasteiger partial charge on any atom is -0.507 e. The Labute approximate surface area is 214 Å². The number of aromatic hydroxyl groups is 1. The van der Waals surface area contributed by atoms with Crippen LogP contribution in [0.4, 0.5) is 0 Å². The molecule has 6 bridgehead atoms. The molecular weight excluding hydrogens is 440 g/mol. The lowest BCUT2D eigenvalue weighted by atomic mass is 9.48. The van der Waals surface area contributed by atoms with E-state index in [0.29, 0.717) is 11.7 Å². The van der Waals surface area contributed by atoms with Gasteiger partial charge in [-0.3, -0.25) is 0 Å². The molecule has 184 valence electrons. The van der Waals surface area contributed by atoms with Gasteiger partial charge < -0.3 is 9.84 Å². The molecule has 7 aliphatic carbocycles. The van der Waals surface area contributed by atoms with Crippen LogP contribution in [0.25, 0.3) is 21.9 Å². The molecule has 3 aromatic rings. The second kappa shape index (κ2) is 6.69. The van der Waals surface area contributed by atoms with Crippen molar-refractivity contribution in [2.75, 3.05) is 7.11 Å². The summed E-state index contributed by atoms with van der Waals surface area (Å²) in [5.74, 6) is 5.67. The van der Waals surface area contributed by atoms with Gasteiger partial charge in [-0.05, 0) is 139 Å². The third-order valence-electron chi connectivity index (χ3n) is 12.1. The summed E-state index contributed by atoms with van der Waals surface area (Å²) in [6, 6.07) is 16.1. The summed E-state index contributed by atoms with van der Waals surface area (Å²) in [5.41, 5.74) is 7.59. The fourth-order valence-electron chi connectivity index (χ4n) is 11.3. The Balaban J connectivity index is 1.34. The smallest absolute Gasteiger partial charge is 0.123 e. The van der Waals surface area contributed by atoms with Crippen molar-refractivity contribution in [2.45, 2.75) is 75.0 Å². The first-order valence-corrected chi connectivity index (χ1v) is 14.6. The fraction of sp³-hybridized carbons (Fsp3) is 0.529. The van der Waals surface area contributed by atoms with Crippen molar-refractivity contribution < 1.29 is 9.84 Å². The molecule has 36 heavy (non-hydrogen) atoms. The average molecular weight is 477 g/mol. The van der Waals surface area contributed by atoms with E-state index in [9.17, 15) is 5.11 Å². The lowest BCUT2D eigenvalue weighted by Crippen LogP contribution is -2.48. The van der Waals surface area contributed by atoms with Crippen molar-refractivity contribution in [3.63, 3.8) is 0 Å². The molecule has 6 fully saturated rings. The number of methoxy groups -OCH3 is 1. The Kier molecular flexibility index (Phi) is 3.82. The highest BCUT2D eigenvalue weighted by Crippen LogP contribution is 2.68. The number of phenols is 1. The molecule has 6 saturated carbocycles. The number of fused-ring (bicyclic) bond motifs is 10. The van der Waals surface area contributed by atoms with Crippen LogP contribution in [-0.4, -0.2) is 12.2 Å². The van der Waals surface area contributed by atoms with E-state index in [0.717, 1.165) is 34.8 Å². The summed E-state index contributed by atoms with van der Waals surface area (Å²) in [6.45, 7) is 0. The zero-order valence-corrected chi connectivity index (χ0v) is 21.4. The molecule has 10 rings (SSSR count). The maximum Gasteiger partial charge on any atom is 0.123 e. The van der Waals surface area contributed by atoms with Gasteiger partial charge >= 0.3 is 0 Å². The van der Waals surface area contributed by atoms with Gasteiger partial charge in [0.05, 0.1) is 7.11 Å². The third-order valence-corrected chi connectivity index (χ3v) is 12.1. The van der Waals surface area contributed by atoms with Gasteiger partial charge in [-0.15, -0.1) is 0 Å². The summed E-state index contributed by atoms with van der Waals surface area (Å²) in [7, 11) is 1.83. The minimum atomic E-state index is 0.0985. The Morgan fingerprint density at radius 1 is 0.750 bits per heavy atom. The van der Waals surface area contributed by atoms with E-state index in [1.165, 1.54) is 97.4 Å². The molecule has 3 atom stereocenters. The van der Waals surface area contributed by atoms with Gasteiger partial charge in [-0.2, -0.15) is 0 Å². The first kappa shape index (κ1) is 20.6. The van der Waals surface area contributed by atoms with Crippen LogP contribution in [0.1, 0.15) is 80.9 Å². The van der Waals surface area contributed by atoms with Gasteiger partial charge in [0.1, 0.15) is 11.5 Å². The van der Waals surface area contributed by atoms with Crippen LogP contribution < -0.4 is 4.74 Å². The van der Waals surface area contributed by atoms with E-state index < -0.39 is 0 Å². The Morgan fingerprint density at radius 2 is 1.50 bits per heavy atom. The highest BCUT2D eigenvalue weighted by atomic mass is 16.5. The fourth-order valence-corrected chi connectivity index (χ4v) is 11.3. The van der Waals surface area contributed by atoms with Gasteiger partial charge in [0.15, 0.2) is 0 Å². The van der Waals surface area contributed by atoms with Gasteiger partial charge in [0, 0.05) is 16.4 Å². The van der Waals surface area contributed by atoms with Crippen LogP contribution >= 0.6 is 0 Å². The van der Waals surface area contributed by atoms with Crippen LogP contribution in [0.15, 0.2) is 42.5 Å². The molecule has 0 heterocycles. The molecule has 0 amide bonds. The van der Waals surface area contributed by atoms with Gasteiger partial charge in [-0.1, -0.05) is 30.7 Å². The van der Waals surface area contributed by atoms with E-state index in [4.69, 9.17) is 4.74 Å². The van der Waals surface area contributed by atoms with Crippen LogP contribution in [-0.2, 0) is 10.8 Å². The van der Waals surface area contributed by atoms with Gasteiger partial charge in [0.25, 0.3) is 0 Å². The molecule has 2 nitrogen and oxygen atoms in total. The van der Waals surface area contributed by atoms with E-state index in [2.05, 4.69) is 42.5 Å². The largest absolute Gasteiger partial charge is 0.507 e. The molecule has 0 aliphatic heterocycles. The number of hydrogen-bond acceptors (Lipinski definition) is 2. The lowest BCUT2D eigenvalue weighted by molar-refractivity contribution is -0.00609. The van der Waals surface area contributed by atoms with Crippen LogP contribution in [0.2, 0.25) is 0 Å². The Morgan fingerprint density at radius 3 is 2.17 bits per heavy atom. The standard InChI is InChI=1S/C34H36O2/c1-36-31-13-25-26(12-28(31)33-15-20-8-21(16-33)10-22(9-20)17-33)32-24-4-2-3-5-27(24)34(29(32)14-30(25)35)18-19-6-7-23(34)11-19/h2-5,12-14,19-23,35H,6-11,15-18H2,1H3. The molecule has 0 radical (unpaired) electrons. The van der Waals surface area contributed by atoms with Crippen LogP contribution in [0, 0.1) is 29.6 Å².